The maximum atomic E-state index is 13.5. The zero-order chi connectivity index (χ0) is 31.5. The molecule has 0 heterocycles. The lowest BCUT2D eigenvalue weighted by molar-refractivity contribution is -0.151. The molecule has 2 amide bonds. The summed E-state index contributed by atoms with van der Waals surface area (Å²) in [6.07, 6.45) is 1.14. The Morgan fingerprint density at radius 2 is 0.929 bits per heavy atom. The van der Waals surface area contributed by atoms with Gasteiger partial charge in [-0.25, -0.2) is 0 Å². The summed E-state index contributed by atoms with van der Waals surface area (Å²) in [6, 6.07) is 14.2. The van der Waals surface area contributed by atoms with E-state index in [2.05, 4.69) is 0 Å². The van der Waals surface area contributed by atoms with Gasteiger partial charge in [-0.3, -0.25) is 19.2 Å². The Kier molecular flexibility index (Phi) is 12.4. The van der Waals surface area contributed by atoms with E-state index in [1.165, 1.54) is 38.2 Å². The fraction of sp³-hybridized carbons (Fsp3) is 0.500. The number of benzene rings is 2. The third kappa shape index (κ3) is 8.71. The molecule has 0 aliphatic rings. The molecule has 0 saturated carbocycles. The van der Waals surface area contributed by atoms with Crippen LogP contribution in [0.4, 0.5) is 11.4 Å². The molecule has 0 aliphatic carbocycles. The van der Waals surface area contributed by atoms with Crippen molar-refractivity contribution in [2.75, 3.05) is 51.3 Å². The van der Waals surface area contributed by atoms with Crippen LogP contribution in [-0.2, 0) is 28.7 Å². The van der Waals surface area contributed by atoms with Gasteiger partial charge in [0.25, 0.3) is 0 Å². The van der Waals surface area contributed by atoms with E-state index in [0.29, 0.717) is 35.7 Å². The summed E-state index contributed by atoms with van der Waals surface area (Å²) in [5.41, 5.74) is -0.845. The van der Waals surface area contributed by atoms with Gasteiger partial charge in [0.15, 0.2) is 0 Å². The van der Waals surface area contributed by atoms with Crippen molar-refractivity contribution in [3.63, 3.8) is 0 Å². The van der Waals surface area contributed by atoms with Crippen molar-refractivity contribution in [2.24, 2.45) is 10.8 Å². The highest BCUT2D eigenvalue weighted by Gasteiger charge is 2.36. The zero-order valence-corrected chi connectivity index (χ0v) is 26.0. The predicted molar refractivity (Wildman–Crippen MR) is 161 cm³/mol. The minimum absolute atomic E-state index is 0.0853. The molecular weight excluding hydrogens is 540 g/mol. The fourth-order valence-electron chi connectivity index (χ4n) is 4.62. The van der Waals surface area contributed by atoms with Gasteiger partial charge in [0.2, 0.25) is 11.8 Å². The van der Waals surface area contributed by atoms with E-state index in [1.807, 2.05) is 0 Å². The summed E-state index contributed by atoms with van der Waals surface area (Å²) in [7, 11) is 5.68. The monoisotopic (exact) mass is 584 g/mol. The fourth-order valence-corrected chi connectivity index (χ4v) is 4.62. The van der Waals surface area contributed by atoms with Crippen LogP contribution in [0.25, 0.3) is 0 Å². The Morgan fingerprint density at radius 1 is 0.595 bits per heavy atom. The molecule has 42 heavy (non-hydrogen) atoms. The summed E-state index contributed by atoms with van der Waals surface area (Å²) >= 11 is 0. The van der Waals surface area contributed by atoms with Crippen molar-refractivity contribution in [2.45, 2.75) is 53.4 Å². The summed E-state index contributed by atoms with van der Waals surface area (Å²) in [6.45, 7) is 7.04. The Morgan fingerprint density at radius 3 is 1.24 bits per heavy atom. The molecule has 0 bridgehead atoms. The van der Waals surface area contributed by atoms with Crippen LogP contribution in [0.2, 0.25) is 0 Å². The van der Waals surface area contributed by atoms with Crippen LogP contribution in [0.1, 0.15) is 53.4 Å². The van der Waals surface area contributed by atoms with E-state index < -0.39 is 22.8 Å². The maximum Gasteiger partial charge on any atom is 0.313 e. The lowest BCUT2D eigenvalue weighted by Gasteiger charge is -2.32. The largest absolute Gasteiger partial charge is 0.495 e. The number of ether oxygens (including phenoxy) is 4. The van der Waals surface area contributed by atoms with Gasteiger partial charge in [-0.1, -0.05) is 24.3 Å². The number of anilines is 2. The molecule has 0 aliphatic heterocycles. The Balaban J connectivity index is 2.20. The minimum atomic E-state index is -0.969. The van der Waals surface area contributed by atoms with Crippen molar-refractivity contribution >= 4 is 35.1 Å². The van der Waals surface area contributed by atoms with Gasteiger partial charge >= 0.3 is 11.9 Å². The first kappa shape index (κ1) is 34.1. The Hall–Kier alpha value is -4.08. The molecular formula is C32H44N2O8. The molecule has 0 atom stereocenters. The van der Waals surface area contributed by atoms with E-state index in [4.69, 9.17) is 18.9 Å². The molecule has 2 aromatic rings. The molecule has 230 valence electrons. The van der Waals surface area contributed by atoms with Gasteiger partial charge in [-0.15, -0.1) is 0 Å². The van der Waals surface area contributed by atoms with Crippen LogP contribution in [-0.4, -0.2) is 65.3 Å². The van der Waals surface area contributed by atoms with E-state index in [0.717, 1.165) is 0 Å². The topological polar surface area (TPSA) is 112 Å². The van der Waals surface area contributed by atoms with Gasteiger partial charge < -0.3 is 28.7 Å². The van der Waals surface area contributed by atoms with Crippen LogP contribution < -0.4 is 19.3 Å². The molecule has 0 N–H and O–H groups in total. The SMILES string of the molecule is COC(=O)C(C)(C)CN(C(=O)CCCCC(=O)N(CC(C)(C)C(=O)OC)c1ccccc1OC)c1ccccc1OC. The average molecular weight is 585 g/mol. The lowest BCUT2D eigenvalue weighted by atomic mass is 9.92. The smallest absolute Gasteiger partial charge is 0.313 e. The summed E-state index contributed by atoms with van der Waals surface area (Å²) in [5.74, 6) is -0.293. The van der Waals surface area contributed by atoms with Crippen molar-refractivity contribution in [1.29, 1.82) is 0 Å². The Bertz CT molecular complexity index is 1150. The normalized spacial score (nSPS) is 11.3. The number of carbonyl (C=O) groups excluding carboxylic acids is 4. The van der Waals surface area contributed by atoms with Crippen molar-refractivity contribution in [3.05, 3.63) is 48.5 Å². The highest BCUT2D eigenvalue weighted by Crippen LogP contribution is 2.33. The molecule has 0 fully saturated rings. The number of para-hydroxylation sites is 4. The quantitative estimate of drug-likeness (QED) is 0.212. The molecule has 10 nitrogen and oxygen atoms in total. The lowest BCUT2D eigenvalue weighted by Crippen LogP contribution is -2.43. The van der Waals surface area contributed by atoms with Gasteiger partial charge in [0, 0.05) is 25.9 Å². The molecule has 10 heteroatoms. The van der Waals surface area contributed by atoms with E-state index in [-0.39, 0.29) is 37.7 Å². The van der Waals surface area contributed by atoms with Gasteiger partial charge in [0.05, 0.1) is 50.6 Å². The third-order valence-electron chi connectivity index (χ3n) is 6.97. The number of hydrogen-bond donors (Lipinski definition) is 0. The molecule has 0 unspecified atom stereocenters. The van der Waals surface area contributed by atoms with Crippen LogP contribution >= 0.6 is 0 Å². The Labute approximate surface area is 248 Å². The molecule has 0 saturated heterocycles. The van der Waals surface area contributed by atoms with Crippen LogP contribution in [0.3, 0.4) is 0 Å². The second-order valence-electron chi connectivity index (χ2n) is 11.3. The van der Waals surface area contributed by atoms with E-state index >= 15 is 0 Å². The highest BCUT2D eigenvalue weighted by atomic mass is 16.5. The third-order valence-corrected chi connectivity index (χ3v) is 6.97. The highest BCUT2D eigenvalue weighted by molar-refractivity contribution is 5.97. The number of nitrogens with zero attached hydrogens (tertiary/aromatic N) is 2. The van der Waals surface area contributed by atoms with Gasteiger partial charge in [-0.05, 0) is 64.8 Å². The number of unbranched alkanes of at least 4 members (excludes halogenated alkanes) is 1. The summed E-state index contributed by atoms with van der Waals surface area (Å²) in [4.78, 5) is 55.0. The number of esters is 2. The summed E-state index contributed by atoms with van der Waals surface area (Å²) in [5, 5.41) is 0. The van der Waals surface area contributed by atoms with Gasteiger partial charge in [0.1, 0.15) is 11.5 Å². The second-order valence-corrected chi connectivity index (χ2v) is 11.3. The first-order valence-corrected chi connectivity index (χ1v) is 13.9. The number of methoxy groups -OCH3 is 4. The van der Waals surface area contributed by atoms with Crippen LogP contribution in [0.15, 0.2) is 48.5 Å². The number of carbonyl (C=O) groups is 4. The van der Waals surface area contributed by atoms with Crippen LogP contribution in [0, 0.1) is 10.8 Å². The standard InChI is InChI=1S/C32H44N2O8/c1-31(2,29(37)41-7)21-33(23-15-9-11-17-25(23)39-5)27(35)19-13-14-20-28(36)34(22-32(3,4)30(38)42-8)24-16-10-12-18-26(24)40-6/h9-12,15-18H,13-14,19-22H2,1-8H3. The van der Waals surface area contributed by atoms with E-state index in [1.54, 1.807) is 76.2 Å². The maximum absolute atomic E-state index is 13.5. The van der Waals surface area contributed by atoms with Crippen molar-refractivity contribution in [3.8, 4) is 11.5 Å². The van der Waals surface area contributed by atoms with Crippen molar-refractivity contribution < 1.29 is 38.1 Å². The summed E-state index contributed by atoms with van der Waals surface area (Å²) < 4.78 is 20.9. The average Bonchev–Trinajstić information content (AvgIpc) is 2.99. The first-order valence-electron chi connectivity index (χ1n) is 13.9. The zero-order valence-electron chi connectivity index (χ0n) is 26.0. The first-order chi connectivity index (χ1) is 19.8. The van der Waals surface area contributed by atoms with Gasteiger partial charge in [-0.2, -0.15) is 0 Å². The second kappa shape index (κ2) is 15.2. The molecule has 0 aromatic heterocycles. The molecule has 0 spiro atoms. The number of amides is 2. The number of hydrogen-bond acceptors (Lipinski definition) is 8. The minimum Gasteiger partial charge on any atom is -0.495 e. The van der Waals surface area contributed by atoms with E-state index in [9.17, 15) is 19.2 Å². The van der Waals surface area contributed by atoms with Crippen molar-refractivity contribution in [1.82, 2.24) is 0 Å². The predicted octanol–water partition coefficient (Wildman–Crippen LogP) is 5.03. The molecule has 0 radical (unpaired) electrons. The van der Waals surface area contributed by atoms with Crippen LogP contribution in [0.5, 0.6) is 11.5 Å². The number of rotatable bonds is 15. The molecule has 2 rings (SSSR count). The molecule has 2 aromatic carbocycles.